The minimum atomic E-state index is -3.58. The van der Waals surface area contributed by atoms with Crippen LogP contribution < -0.4 is 0 Å². The zero-order chi connectivity index (χ0) is 21.1. The highest BCUT2D eigenvalue weighted by molar-refractivity contribution is 7.98. The standard InChI is InChI=1S/C20H21FN4O3S2/c1-2-11-25-19(16-7-3-4-8-17(16)21)22-23-20(25)29-14-15-9-10-18(28-15)30(26,27)24-12-5-6-13-24/h2-4,7-10H,1,5-6,11-14H2. The van der Waals surface area contributed by atoms with E-state index in [0.717, 1.165) is 12.8 Å². The third-order valence-electron chi connectivity index (χ3n) is 4.78. The van der Waals surface area contributed by atoms with Gasteiger partial charge < -0.3 is 4.42 Å². The lowest BCUT2D eigenvalue weighted by Gasteiger charge is -2.12. The lowest BCUT2D eigenvalue weighted by molar-refractivity contribution is 0.397. The van der Waals surface area contributed by atoms with E-state index in [9.17, 15) is 12.8 Å². The highest BCUT2D eigenvalue weighted by atomic mass is 32.2. The molecule has 3 heterocycles. The van der Waals surface area contributed by atoms with E-state index in [4.69, 9.17) is 4.42 Å². The van der Waals surface area contributed by atoms with Crippen LogP contribution in [0.25, 0.3) is 11.4 Å². The first-order valence-electron chi connectivity index (χ1n) is 9.51. The van der Waals surface area contributed by atoms with Crippen LogP contribution in [0.2, 0.25) is 0 Å². The second kappa shape index (κ2) is 8.75. The van der Waals surface area contributed by atoms with Gasteiger partial charge in [-0.3, -0.25) is 4.57 Å². The van der Waals surface area contributed by atoms with E-state index in [1.54, 1.807) is 34.9 Å². The van der Waals surface area contributed by atoms with Crippen molar-refractivity contribution < 1.29 is 17.2 Å². The van der Waals surface area contributed by atoms with Crippen molar-refractivity contribution in [3.63, 3.8) is 0 Å². The molecular formula is C20H21FN4O3S2. The van der Waals surface area contributed by atoms with E-state index in [0.29, 0.717) is 47.7 Å². The van der Waals surface area contributed by atoms with Gasteiger partial charge >= 0.3 is 0 Å². The lowest BCUT2D eigenvalue weighted by Crippen LogP contribution is -2.27. The molecule has 1 saturated heterocycles. The molecule has 158 valence electrons. The molecule has 4 rings (SSSR count). The maximum Gasteiger partial charge on any atom is 0.276 e. The maximum atomic E-state index is 14.2. The van der Waals surface area contributed by atoms with E-state index in [-0.39, 0.29) is 10.9 Å². The van der Waals surface area contributed by atoms with Gasteiger partial charge in [-0.25, -0.2) is 12.8 Å². The molecule has 7 nitrogen and oxygen atoms in total. The zero-order valence-electron chi connectivity index (χ0n) is 16.2. The van der Waals surface area contributed by atoms with Gasteiger partial charge in [0.2, 0.25) is 5.09 Å². The van der Waals surface area contributed by atoms with Crippen LogP contribution in [0.15, 0.2) is 63.7 Å². The van der Waals surface area contributed by atoms with Crippen LogP contribution in [-0.2, 0) is 22.3 Å². The SMILES string of the molecule is C=CCn1c(SCc2ccc(S(=O)(=O)N3CCCC3)o2)nnc1-c1ccccc1F. The number of benzene rings is 1. The average Bonchev–Trinajstić information content (AvgIpc) is 3.49. The lowest BCUT2D eigenvalue weighted by atomic mass is 10.2. The first kappa shape index (κ1) is 20.8. The number of hydrogen-bond donors (Lipinski definition) is 0. The molecular weight excluding hydrogens is 427 g/mol. The fraction of sp³-hybridized carbons (Fsp3) is 0.300. The molecule has 0 bridgehead atoms. The summed E-state index contributed by atoms with van der Waals surface area (Å²) in [7, 11) is -3.58. The largest absolute Gasteiger partial charge is 0.447 e. The topological polar surface area (TPSA) is 81.2 Å². The number of hydrogen-bond acceptors (Lipinski definition) is 6. The van der Waals surface area contributed by atoms with Crippen LogP contribution in [0.1, 0.15) is 18.6 Å². The third-order valence-corrected chi connectivity index (χ3v) is 7.54. The molecule has 2 aromatic heterocycles. The summed E-state index contributed by atoms with van der Waals surface area (Å²) in [6.45, 7) is 5.21. The molecule has 1 aromatic carbocycles. The number of rotatable bonds is 8. The van der Waals surface area contributed by atoms with Crippen molar-refractivity contribution in [1.29, 1.82) is 0 Å². The fourth-order valence-corrected chi connectivity index (χ4v) is 5.58. The molecule has 1 aliphatic heterocycles. The van der Waals surface area contributed by atoms with E-state index < -0.39 is 10.0 Å². The molecule has 0 N–H and O–H groups in total. The van der Waals surface area contributed by atoms with Crippen LogP contribution in [0.4, 0.5) is 4.39 Å². The number of furan rings is 1. The van der Waals surface area contributed by atoms with Crippen LogP contribution in [0.3, 0.4) is 0 Å². The van der Waals surface area contributed by atoms with Gasteiger partial charge in [0.25, 0.3) is 10.0 Å². The first-order chi connectivity index (χ1) is 14.5. The normalized spacial score (nSPS) is 15.0. The second-order valence-corrected chi connectivity index (χ2v) is 9.62. The summed E-state index contributed by atoms with van der Waals surface area (Å²) in [6, 6.07) is 9.52. The Balaban J connectivity index is 1.53. The number of sulfonamides is 1. The molecule has 3 aromatic rings. The number of halogens is 1. The molecule has 1 aliphatic rings. The molecule has 10 heteroatoms. The van der Waals surface area contributed by atoms with Crippen LogP contribution in [0, 0.1) is 5.82 Å². The second-order valence-electron chi connectivity index (χ2n) is 6.81. The molecule has 0 unspecified atom stereocenters. The van der Waals surface area contributed by atoms with Crippen molar-refractivity contribution in [2.24, 2.45) is 0 Å². The van der Waals surface area contributed by atoms with E-state index in [2.05, 4.69) is 16.8 Å². The molecule has 0 radical (unpaired) electrons. The van der Waals surface area contributed by atoms with Crippen LogP contribution in [0.5, 0.6) is 0 Å². The summed E-state index contributed by atoms with van der Waals surface area (Å²) >= 11 is 1.33. The monoisotopic (exact) mass is 448 g/mol. The van der Waals surface area contributed by atoms with Crippen molar-refractivity contribution in [3.8, 4) is 11.4 Å². The Morgan fingerprint density at radius 2 is 1.93 bits per heavy atom. The number of aromatic nitrogens is 3. The quantitative estimate of drug-likeness (QED) is 0.384. The number of allylic oxidation sites excluding steroid dienone is 1. The van der Waals surface area contributed by atoms with Crippen molar-refractivity contribution in [1.82, 2.24) is 19.1 Å². The van der Waals surface area contributed by atoms with Gasteiger partial charge in [0.1, 0.15) is 11.6 Å². The first-order valence-corrected chi connectivity index (χ1v) is 11.9. The molecule has 30 heavy (non-hydrogen) atoms. The van der Waals surface area contributed by atoms with Gasteiger partial charge in [0, 0.05) is 19.6 Å². The van der Waals surface area contributed by atoms with Crippen LogP contribution in [-0.4, -0.2) is 40.6 Å². The van der Waals surface area contributed by atoms with Gasteiger partial charge in [-0.05, 0) is 37.1 Å². The Kier molecular flexibility index (Phi) is 6.07. The Morgan fingerprint density at radius 1 is 1.17 bits per heavy atom. The molecule has 0 amide bonds. The average molecular weight is 449 g/mol. The van der Waals surface area contributed by atoms with Gasteiger partial charge in [-0.15, -0.1) is 16.8 Å². The molecule has 0 aliphatic carbocycles. The summed E-state index contributed by atoms with van der Waals surface area (Å²) in [5.41, 5.74) is 0.357. The van der Waals surface area contributed by atoms with E-state index >= 15 is 0 Å². The highest BCUT2D eigenvalue weighted by Crippen LogP contribution is 2.29. The molecule has 0 saturated carbocycles. The maximum absolute atomic E-state index is 14.2. The van der Waals surface area contributed by atoms with Crippen molar-refractivity contribution in [3.05, 3.63) is 60.6 Å². The summed E-state index contributed by atoms with van der Waals surface area (Å²) in [4.78, 5) is 0. The van der Waals surface area contributed by atoms with E-state index in [1.807, 2.05) is 0 Å². The Morgan fingerprint density at radius 3 is 2.67 bits per heavy atom. The minimum Gasteiger partial charge on any atom is -0.447 e. The van der Waals surface area contributed by atoms with Crippen molar-refractivity contribution >= 4 is 21.8 Å². The summed E-state index contributed by atoms with van der Waals surface area (Å²) in [6.07, 6.45) is 3.42. The fourth-order valence-electron chi connectivity index (χ4n) is 3.30. The Hall–Kier alpha value is -2.43. The molecule has 1 fully saturated rings. The molecule has 0 atom stereocenters. The van der Waals surface area contributed by atoms with Gasteiger partial charge in [0.05, 0.1) is 11.3 Å². The number of nitrogens with zero attached hydrogens (tertiary/aromatic N) is 4. The smallest absolute Gasteiger partial charge is 0.276 e. The van der Waals surface area contributed by atoms with Gasteiger partial charge in [0.15, 0.2) is 11.0 Å². The Bertz CT molecular complexity index is 1150. The predicted molar refractivity (Wildman–Crippen MR) is 112 cm³/mol. The highest BCUT2D eigenvalue weighted by Gasteiger charge is 2.30. The third kappa shape index (κ3) is 4.07. The van der Waals surface area contributed by atoms with Gasteiger partial charge in [-0.1, -0.05) is 30.0 Å². The summed E-state index contributed by atoms with van der Waals surface area (Å²) < 4.78 is 48.2. The molecule has 0 spiro atoms. The zero-order valence-corrected chi connectivity index (χ0v) is 17.8. The number of thioether (sulfide) groups is 1. The summed E-state index contributed by atoms with van der Waals surface area (Å²) in [5, 5.41) is 8.85. The predicted octanol–water partition coefficient (Wildman–Crippen LogP) is 3.94. The van der Waals surface area contributed by atoms with E-state index in [1.165, 1.54) is 28.2 Å². The van der Waals surface area contributed by atoms with Crippen molar-refractivity contribution in [2.75, 3.05) is 13.1 Å². The Labute approximate surface area is 178 Å². The van der Waals surface area contributed by atoms with Crippen LogP contribution >= 0.6 is 11.8 Å². The summed E-state index contributed by atoms with van der Waals surface area (Å²) in [5.74, 6) is 0.905. The van der Waals surface area contributed by atoms with Crippen molar-refractivity contribution in [2.45, 2.75) is 35.4 Å². The minimum absolute atomic E-state index is 0.0420. The van der Waals surface area contributed by atoms with Gasteiger partial charge in [-0.2, -0.15) is 4.31 Å².